The summed E-state index contributed by atoms with van der Waals surface area (Å²) in [6.45, 7) is 1.31. The Morgan fingerprint density at radius 3 is 2.59 bits per heavy atom. The van der Waals surface area contributed by atoms with Gasteiger partial charge in [-0.15, -0.1) is 0 Å². The summed E-state index contributed by atoms with van der Waals surface area (Å²) in [5, 5.41) is 13.4. The van der Waals surface area contributed by atoms with Crippen LogP contribution in [0.25, 0.3) is 0 Å². The lowest BCUT2D eigenvalue weighted by atomic mass is 10.2. The van der Waals surface area contributed by atoms with Crippen molar-refractivity contribution in [1.82, 2.24) is 0 Å². The smallest absolute Gasteiger partial charge is 0.351 e. The fourth-order valence-corrected chi connectivity index (χ4v) is 2.41. The highest BCUT2D eigenvalue weighted by Crippen LogP contribution is 2.31. The van der Waals surface area contributed by atoms with Gasteiger partial charge in [0.2, 0.25) is 6.10 Å². The summed E-state index contributed by atoms with van der Waals surface area (Å²) in [7, 11) is 0. The van der Waals surface area contributed by atoms with E-state index in [-0.39, 0.29) is 18.0 Å². The molecule has 0 spiro atoms. The van der Waals surface area contributed by atoms with Crippen molar-refractivity contribution in [3.8, 4) is 11.5 Å². The highest BCUT2D eigenvalue weighted by atomic mass is 16.6. The molecular weight excluding hydrogens is 356 g/mol. The highest BCUT2D eigenvalue weighted by molar-refractivity contribution is 5.97. The number of nitro benzene ring substituents is 1. The van der Waals surface area contributed by atoms with Gasteiger partial charge in [-0.2, -0.15) is 0 Å². The second-order valence-corrected chi connectivity index (χ2v) is 5.71. The molecule has 3 rings (SSSR count). The molecule has 1 amide bonds. The molecule has 1 N–H and O–H groups in total. The molecule has 0 unspecified atom stereocenters. The zero-order valence-corrected chi connectivity index (χ0v) is 14.3. The van der Waals surface area contributed by atoms with Gasteiger partial charge in [0.15, 0.2) is 17.6 Å². The standard InChI is InChI=1S/C18H16N2O7/c1-11(17(21)19-12-6-2-3-7-13(12)20(23)24)26-18(22)16-10-25-14-8-4-5-9-15(14)27-16/h2-9,11,16H,10H2,1H3,(H,19,21)/t11-,16+/m0/s1. The third kappa shape index (κ3) is 4.14. The quantitative estimate of drug-likeness (QED) is 0.486. The van der Waals surface area contributed by atoms with Crippen LogP contribution in [0.1, 0.15) is 6.92 Å². The van der Waals surface area contributed by atoms with Crippen LogP contribution in [0.2, 0.25) is 0 Å². The number of carbonyl (C=O) groups excluding carboxylic acids is 2. The van der Waals surface area contributed by atoms with Gasteiger partial charge in [-0.3, -0.25) is 14.9 Å². The lowest BCUT2D eigenvalue weighted by Crippen LogP contribution is -2.41. The van der Waals surface area contributed by atoms with E-state index in [0.29, 0.717) is 11.5 Å². The molecule has 27 heavy (non-hydrogen) atoms. The summed E-state index contributed by atoms with van der Waals surface area (Å²) in [6.07, 6.45) is -2.20. The Morgan fingerprint density at radius 1 is 1.19 bits per heavy atom. The van der Waals surface area contributed by atoms with Crippen LogP contribution in [0.3, 0.4) is 0 Å². The maximum atomic E-state index is 12.2. The first-order chi connectivity index (χ1) is 13.0. The number of anilines is 1. The maximum Gasteiger partial charge on any atom is 0.351 e. The summed E-state index contributed by atoms with van der Waals surface area (Å²) in [5.41, 5.74) is -0.244. The van der Waals surface area contributed by atoms with Gasteiger partial charge in [0, 0.05) is 6.07 Å². The lowest BCUT2D eigenvalue weighted by Gasteiger charge is -2.25. The number of nitrogens with zero attached hydrogens (tertiary/aromatic N) is 1. The minimum atomic E-state index is -1.18. The van der Waals surface area contributed by atoms with Gasteiger partial charge < -0.3 is 19.5 Å². The van der Waals surface area contributed by atoms with Gasteiger partial charge in [0.1, 0.15) is 12.3 Å². The number of hydrogen-bond acceptors (Lipinski definition) is 7. The van der Waals surface area contributed by atoms with Crippen LogP contribution in [-0.4, -0.2) is 35.6 Å². The van der Waals surface area contributed by atoms with Gasteiger partial charge in [-0.05, 0) is 25.1 Å². The van der Waals surface area contributed by atoms with Gasteiger partial charge in [0.25, 0.3) is 11.6 Å². The third-order valence-electron chi connectivity index (χ3n) is 3.79. The number of esters is 1. The summed E-state index contributed by atoms with van der Waals surface area (Å²) in [5.74, 6) is -0.545. The topological polar surface area (TPSA) is 117 Å². The molecule has 2 atom stereocenters. The van der Waals surface area contributed by atoms with Crippen LogP contribution in [0, 0.1) is 10.1 Å². The van der Waals surface area contributed by atoms with Gasteiger partial charge in [0.05, 0.1) is 4.92 Å². The average molecular weight is 372 g/mol. The number of amides is 1. The normalized spacial score (nSPS) is 16.1. The molecule has 0 aliphatic carbocycles. The average Bonchev–Trinajstić information content (AvgIpc) is 2.67. The van der Waals surface area contributed by atoms with Crippen LogP contribution < -0.4 is 14.8 Å². The monoisotopic (exact) mass is 372 g/mol. The minimum absolute atomic E-state index is 0.0153. The predicted molar refractivity (Wildman–Crippen MR) is 93.6 cm³/mol. The zero-order chi connectivity index (χ0) is 19.4. The molecular formula is C18H16N2O7. The second kappa shape index (κ2) is 7.73. The van der Waals surface area contributed by atoms with Crippen molar-refractivity contribution >= 4 is 23.3 Å². The zero-order valence-electron chi connectivity index (χ0n) is 14.3. The number of para-hydroxylation sites is 4. The molecule has 0 saturated carbocycles. The highest BCUT2D eigenvalue weighted by Gasteiger charge is 2.31. The van der Waals surface area contributed by atoms with Crippen molar-refractivity contribution in [3.63, 3.8) is 0 Å². The second-order valence-electron chi connectivity index (χ2n) is 5.71. The third-order valence-corrected chi connectivity index (χ3v) is 3.79. The van der Waals surface area contributed by atoms with Crippen LogP contribution >= 0.6 is 0 Å². The van der Waals surface area contributed by atoms with Crippen LogP contribution in [-0.2, 0) is 14.3 Å². The number of nitrogens with one attached hydrogen (secondary N) is 1. The molecule has 2 aromatic carbocycles. The molecule has 9 heteroatoms. The van der Waals surface area contributed by atoms with Crippen molar-refractivity contribution in [1.29, 1.82) is 0 Å². The van der Waals surface area contributed by atoms with Crippen molar-refractivity contribution in [2.75, 3.05) is 11.9 Å². The Balaban J connectivity index is 1.60. The Bertz CT molecular complexity index is 884. The Kier molecular flexibility index (Phi) is 5.20. The molecule has 1 heterocycles. The molecule has 140 valence electrons. The van der Waals surface area contributed by atoms with Crippen molar-refractivity contribution in [2.24, 2.45) is 0 Å². The molecule has 0 fully saturated rings. The van der Waals surface area contributed by atoms with Crippen LogP contribution in [0.5, 0.6) is 11.5 Å². The number of carbonyl (C=O) groups is 2. The number of hydrogen-bond donors (Lipinski definition) is 1. The van der Waals surface area contributed by atoms with E-state index in [1.807, 2.05) is 0 Å². The predicted octanol–water partition coefficient (Wildman–Crippen LogP) is 2.30. The fraction of sp³-hybridized carbons (Fsp3) is 0.222. The summed E-state index contributed by atoms with van der Waals surface area (Å²) < 4.78 is 16.1. The number of rotatable bonds is 5. The van der Waals surface area contributed by atoms with Crippen LogP contribution in [0.15, 0.2) is 48.5 Å². The van der Waals surface area contributed by atoms with E-state index in [9.17, 15) is 19.7 Å². The number of ether oxygens (including phenoxy) is 3. The van der Waals surface area contributed by atoms with E-state index in [1.165, 1.54) is 25.1 Å². The molecule has 1 aliphatic heterocycles. The van der Waals surface area contributed by atoms with E-state index < -0.39 is 29.0 Å². The van der Waals surface area contributed by atoms with Crippen molar-refractivity contribution < 1.29 is 28.7 Å². The largest absolute Gasteiger partial charge is 0.485 e. The van der Waals surface area contributed by atoms with Gasteiger partial charge >= 0.3 is 5.97 Å². The summed E-state index contributed by atoms with van der Waals surface area (Å²) in [4.78, 5) is 34.8. The van der Waals surface area contributed by atoms with Gasteiger partial charge in [-0.25, -0.2) is 4.79 Å². The van der Waals surface area contributed by atoms with E-state index in [1.54, 1.807) is 30.3 Å². The van der Waals surface area contributed by atoms with E-state index in [0.717, 1.165) is 0 Å². The summed E-state index contributed by atoms with van der Waals surface area (Å²) >= 11 is 0. The molecule has 1 aliphatic rings. The minimum Gasteiger partial charge on any atom is -0.485 e. The molecule has 0 aromatic heterocycles. The molecule has 0 radical (unpaired) electrons. The van der Waals surface area contributed by atoms with E-state index in [4.69, 9.17) is 14.2 Å². The van der Waals surface area contributed by atoms with E-state index in [2.05, 4.69) is 5.32 Å². The molecule has 9 nitrogen and oxygen atoms in total. The Morgan fingerprint density at radius 2 is 1.85 bits per heavy atom. The van der Waals surface area contributed by atoms with Crippen molar-refractivity contribution in [2.45, 2.75) is 19.1 Å². The van der Waals surface area contributed by atoms with Crippen molar-refractivity contribution in [3.05, 3.63) is 58.6 Å². The number of benzene rings is 2. The first-order valence-electron chi connectivity index (χ1n) is 8.09. The first kappa shape index (κ1) is 18.2. The molecule has 0 saturated heterocycles. The van der Waals surface area contributed by atoms with Crippen LogP contribution in [0.4, 0.5) is 11.4 Å². The van der Waals surface area contributed by atoms with E-state index >= 15 is 0 Å². The number of fused-ring (bicyclic) bond motifs is 1. The first-order valence-corrected chi connectivity index (χ1v) is 8.09. The maximum absolute atomic E-state index is 12.2. The Hall–Kier alpha value is -3.62. The molecule has 2 aromatic rings. The fourth-order valence-electron chi connectivity index (χ4n) is 2.41. The SMILES string of the molecule is C[C@H](OC(=O)[C@H]1COc2ccccc2O1)C(=O)Nc1ccccc1[N+](=O)[O-]. The summed E-state index contributed by atoms with van der Waals surface area (Å²) in [6, 6.07) is 12.5. The van der Waals surface area contributed by atoms with Gasteiger partial charge in [-0.1, -0.05) is 24.3 Å². The Labute approximate surface area is 154 Å². The molecule has 0 bridgehead atoms. The lowest BCUT2D eigenvalue weighted by molar-refractivity contribution is -0.383. The number of nitro groups is 1.